The van der Waals surface area contributed by atoms with Gasteiger partial charge in [-0.05, 0) is 55.3 Å². The zero-order chi connectivity index (χ0) is 11.0. The molecule has 0 nitrogen and oxygen atoms in total. The third-order valence-electron chi connectivity index (χ3n) is 4.81. The molecular formula is C15H26. The monoisotopic (exact) mass is 206 g/mol. The van der Waals surface area contributed by atoms with Crippen LogP contribution in [-0.4, -0.2) is 0 Å². The van der Waals surface area contributed by atoms with Crippen molar-refractivity contribution in [2.75, 3.05) is 0 Å². The quantitative estimate of drug-likeness (QED) is 0.547. The molecule has 0 amide bonds. The van der Waals surface area contributed by atoms with Crippen LogP contribution in [0.1, 0.15) is 53.4 Å². The summed E-state index contributed by atoms with van der Waals surface area (Å²) in [6.45, 7) is 9.67. The van der Waals surface area contributed by atoms with E-state index in [0.717, 1.165) is 29.6 Å². The zero-order valence-electron chi connectivity index (χ0n) is 10.8. The SMILES string of the molecule is CC(C)[C@@H]1C=C2[C@@H](CC[C@@H]2C)[C@@H](C)CC1. The first kappa shape index (κ1) is 11.2. The summed E-state index contributed by atoms with van der Waals surface area (Å²) in [5.41, 5.74) is 1.82. The molecule has 0 aliphatic heterocycles. The van der Waals surface area contributed by atoms with Crippen molar-refractivity contribution in [2.45, 2.75) is 53.4 Å². The lowest BCUT2D eigenvalue weighted by Crippen LogP contribution is -2.09. The second-order valence-electron chi connectivity index (χ2n) is 6.21. The highest BCUT2D eigenvalue weighted by atomic mass is 14.4. The van der Waals surface area contributed by atoms with Gasteiger partial charge in [0.2, 0.25) is 0 Å². The Morgan fingerprint density at radius 2 is 1.80 bits per heavy atom. The minimum atomic E-state index is 0.830. The van der Waals surface area contributed by atoms with Gasteiger partial charge in [0.1, 0.15) is 0 Å². The van der Waals surface area contributed by atoms with Crippen LogP contribution in [0.4, 0.5) is 0 Å². The molecule has 0 unspecified atom stereocenters. The molecule has 0 heteroatoms. The van der Waals surface area contributed by atoms with Crippen molar-refractivity contribution in [1.82, 2.24) is 0 Å². The summed E-state index contributed by atoms with van der Waals surface area (Å²) < 4.78 is 0. The van der Waals surface area contributed by atoms with Gasteiger partial charge in [-0.15, -0.1) is 0 Å². The van der Waals surface area contributed by atoms with E-state index in [9.17, 15) is 0 Å². The fourth-order valence-corrected chi connectivity index (χ4v) is 3.54. The fraction of sp³-hybridized carbons (Fsp3) is 0.867. The highest BCUT2D eigenvalue weighted by Gasteiger charge is 2.34. The van der Waals surface area contributed by atoms with Crippen molar-refractivity contribution in [1.29, 1.82) is 0 Å². The molecule has 2 aliphatic carbocycles. The zero-order valence-corrected chi connectivity index (χ0v) is 10.8. The average molecular weight is 206 g/mol. The van der Waals surface area contributed by atoms with Crippen molar-refractivity contribution in [3.8, 4) is 0 Å². The van der Waals surface area contributed by atoms with Crippen LogP contribution in [0.5, 0.6) is 0 Å². The lowest BCUT2D eigenvalue weighted by atomic mass is 9.87. The average Bonchev–Trinajstić information content (AvgIpc) is 2.43. The van der Waals surface area contributed by atoms with E-state index in [1.807, 2.05) is 5.57 Å². The molecule has 2 aliphatic rings. The molecule has 1 fully saturated rings. The molecule has 2 rings (SSSR count). The van der Waals surface area contributed by atoms with Crippen molar-refractivity contribution in [3.63, 3.8) is 0 Å². The van der Waals surface area contributed by atoms with Crippen molar-refractivity contribution < 1.29 is 0 Å². The molecule has 0 saturated heterocycles. The first-order valence-corrected chi connectivity index (χ1v) is 6.81. The van der Waals surface area contributed by atoms with Gasteiger partial charge < -0.3 is 0 Å². The maximum Gasteiger partial charge on any atom is -0.0175 e. The summed E-state index contributed by atoms with van der Waals surface area (Å²) in [6, 6.07) is 0. The van der Waals surface area contributed by atoms with E-state index in [0.29, 0.717) is 0 Å². The maximum atomic E-state index is 2.66. The van der Waals surface area contributed by atoms with E-state index in [-0.39, 0.29) is 0 Å². The second-order valence-corrected chi connectivity index (χ2v) is 6.21. The van der Waals surface area contributed by atoms with Gasteiger partial charge in [0, 0.05) is 0 Å². The number of rotatable bonds is 1. The number of allylic oxidation sites excluding steroid dienone is 2. The van der Waals surface area contributed by atoms with Gasteiger partial charge in [-0.25, -0.2) is 0 Å². The highest BCUT2D eigenvalue weighted by Crippen LogP contribution is 2.45. The van der Waals surface area contributed by atoms with Crippen LogP contribution in [0.15, 0.2) is 11.6 Å². The summed E-state index contributed by atoms with van der Waals surface area (Å²) in [7, 11) is 0. The Hall–Kier alpha value is -0.260. The molecule has 86 valence electrons. The molecule has 0 spiro atoms. The molecule has 0 aromatic rings. The summed E-state index contributed by atoms with van der Waals surface area (Å²) in [4.78, 5) is 0. The van der Waals surface area contributed by atoms with E-state index in [1.165, 1.54) is 25.7 Å². The van der Waals surface area contributed by atoms with E-state index in [1.54, 1.807) is 0 Å². The van der Waals surface area contributed by atoms with Gasteiger partial charge in [0.05, 0.1) is 0 Å². The van der Waals surface area contributed by atoms with Crippen molar-refractivity contribution >= 4 is 0 Å². The Bertz CT molecular complexity index is 249. The smallest absolute Gasteiger partial charge is 0.0175 e. The Morgan fingerprint density at radius 3 is 2.47 bits per heavy atom. The Labute approximate surface area is 95.1 Å². The van der Waals surface area contributed by atoms with Gasteiger partial charge in [-0.3, -0.25) is 0 Å². The standard InChI is InChI=1S/C15H26/c1-10(2)13-7-5-11(3)14-8-6-12(4)15(14)9-13/h9-14H,5-8H2,1-4H3/t11-,12-,13-,14-/m0/s1. The first-order chi connectivity index (χ1) is 7.09. The van der Waals surface area contributed by atoms with Gasteiger partial charge >= 0.3 is 0 Å². The largest absolute Gasteiger partial charge is 0.0814 e. The van der Waals surface area contributed by atoms with Crippen LogP contribution in [0.25, 0.3) is 0 Å². The number of hydrogen-bond acceptors (Lipinski definition) is 0. The summed E-state index contributed by atoms with van der Waals surface area (Å²) in [6.07, 6.45) is 8.42. The lowest BCUT2D eigenvalue weighted by molar-refractivity contribution is 0.353. The van der Waals surface area contributed by atoms with Crippen LogP contribution in [0.3, 0.4) is 0 Å². The second kappa shape index (κ2) is 4.31. The van der Waals surface area contributed by atoms with Crippen molar-refractivity contribution in [3.05, 3.63) is 11.6 Å². The molecule has 1 saturated carbocycles. The van der Waals surface area contributed by atoms with Gasteiger partial charge in [-0.1, -0.05) is 39.3 Å². The van der Waals surface area contributed by atoms with Gasteiger partial charge in [0.15, 0.2) is 0 Å². The van der Waals surface area contributed by atoms with E-state index < -0.39 is 0 Å². The predicted octanol–water partition coefficient (Wildman–Crippen LogP) is 4.66. The fourth-order valence-electron chi connectivity index (χ4n) is 3.54. The Morgan fingerprint density at radius 1 is 1.07 bits per heavy atom. The summed E-state index contributed by atoms with van der Waals surface area (Å²) in [5, 5.41) is 0. The highest BCUT2D eigenvalue weighted by molar-refractivity contribution is 5.19. The molecule has 0 N–H and O–H groups in total. The Kier molecular flexibility index (Phi) is 3.23. The molecule has 4 atom stereocenters. The summed E-state index contributed by atoms with van der Waals surface area (Å²) >= 11 is 0. The minimum absolute atomic E-state index is 0.830. The third kappa shape index (κ3) is 2.14. The van der Waals surface area contributed by atoms with Crippen LogP contribution < -0.4 is 0 Å². The Balaban J connectivity index is 2.23. The number of fused-ring (bicyclic) bond motifs is 1. The minimum Gasteiger partial charge on any atom is -0.0814 e. The maximum absolute atomic E-state index is 2.66. The van der Waals surface area contributed by atoms with Crippen molar-refractivity contribution in [2.24, 2.45) is 29.6 Å². The molecule has 0 radical (unpaired) electrons. The lowest BCUT2D eigenvalue weighted by Gasteiger charge is -2.19. The molecule has 0 aromatic carbocycles. The first-order valence-electron chi connectivity index (χ1n) is 6.81. The molecule has 0 heterocycles. The molecule has 0 aromatic heterocycles. The van der Waals surface area contributed by atoms with Gasteiger partial charge in [-0.2, -0.15) is 0 Å². The molecule has 15 heavy (non-hydrogen) atoms. The topological polar surface area (TPSA) is 0 Å². The van der Waals surface area contributed by atoms with E-state index in [4.69, 9.17) is 0 Å². The van der Waals surface area contributed by atoms with E-state index >= 15 is 0 Å². The molecule has 0 bridgehead atoms. The van der Waals surface area contributed by atoms with E-state index in [2.05, 4.69) is 33.8 Å². The third-order valence-corrected chi connectivity index (χ3v) is 4.81. The summed E-state index contributed by atoms with van der Waals surface area (Å²) in [5.74, 6) is 4.43. The van der Waals surface area contributed by atoms with Crippen LogP contribution in [0.2, 0.25) is 0 Å². The number of hydrogen-bond donors (Lipinski definition) is 0. The predicted molar refractivity (Wildman–Crippen MR) is 66.7 cm³/mol. The molecular weight excluding hydrogens is 180 g/mol. The van der Waals surface area contributed by atoms with Crippen LogP contribution in [0, 0.1) is 29.6 Å². The van der Waals surface area contributed by atoms with Crippen LogP contribution in [-0.2, 0) is 0 Å². The van der Waals surface area contributed by atoms with Gasteiger partial charge in [0.25, 0.3) is 0 Å². The normalized spacial score (nSPS) is 41.3. The van der Waals surface area contributed by atoms with Crippen LogP contribution >= 0.6 is 0 Å².